The highest BCUT2D eigenvalue weighted by molar-refractivity contribution is 7.92. The quantitative estimate of drug-likeness (QED) is 0.0528. The summed E-state index contributed by atoms with van der Waals surface area (Å²) < 4.78 is 67.1. The van der Waals surface area contributed by atoms with Crippen molar-refractivity contribution in [2.45, 2.75) is 64.0 Å². The molecule has 2 amide bonds. The third-order valence-corrected chi connectivity index (χ3v) is 11.2. The van der Waals surface area contributed by atoms with Crippen molar-refractivity contribution in [2.75, 3.05) is 61.4 Å². The summed E-state index contributed by atoms with van der Waals surface area (Å²) >= 11 is 28.4. The number of hydrogen-bond donors (Lipinski definition) is 4. The lowest BCUT2D eigenvalue weighted by Gasteiger charge is -2.31. The van der Waals surface area contributed by atoms with Crippen LogP contribution < -0.4 is 21.0 Å². The monoisotopic (exact) mass is 1060 g/mol. The third-order valence-electron chi connectivity index (χ3n) is 8.28. The molecular formula is C39H55Cl5F2N7O10PS. The number of benzene rings is 2. The van der Waals surface area contributed by atoms with Gasteiger partial charge < -0.3 is 30.3 Å². The maximum absolute atomic E-state index is 12.8. The zero-order chi connectivity index (χ0) is 50.6. The number of methoxy groups -OCH3 is 1. The number of carboxylic acid groups (broad SMARTS) is 1. The van der Waals surface area contributed by atoms with Crippen LogP contribution in [0.4, 0.5) is 20.2 Å². The van der Waals surface area contributed by atoms with Gasteiger partial charge in [0.25, 0.3) is 5.91 Å². The van der Waals surface area contributed by atoms with Crippen molar-refractivity contribution >= 4 is 105 Å². The molecule has 366 valence electrons. The van der Waals surface area contributed by atoms with Crippen LogP contribution in [0.1, 0.15) is 43.8 Å². The number of carbonyl (C=O) groups is 3. The highest BCUT2D eigenvalue weighted by atomic mass is 35.5. The number of carboxylic acids is 1. The van der Waals surface area contributed by atoms with Gasteiger partial charge in [-0.3, -0.25) is 23.7 Å². The molecule has 1 aromatic heterocycles. The van der Waals surface area contributed by atoms with E-state index in [1.165, 1.54) is 24.6 Å². The Kier molecular flexibility index (Phi) is 27.7. The molecule has 0 aliphatic heterocycles. The van der Waals surface area contributed by atoms with E-state index >= 15 is 0 Å². The van der Waals surface area contributed by atoms with Gasteiger partial charge in [-0.2, -0.15) is 13.5 Å². The zero-order valence-corrected chi connectivity index (χ0v) is 42.2. The Balaban J connectivity index is 0.000000881. The molecule has 3 unspecified atom stereocenters. The van der Waals surface area contributed by atoms with Crippen LogP contribution in [0, 0.1) is 13.8 Å². The number of para-hydroxylation sites is 1. The number of halogens is 7. The van der Waals surface area contributed by atoms with Crippen molar-refractivity contribution in [1.82, 2.24) is 19.2 Å². The molecule has 0 saturated carbocycles. The van der Waals surface area contributed by atoms with Gasteiger partial charge in [0.1, 0.15) is 17.7 Å². The number of nitrogens with zero attached hydrogens (tertiary/aromatic N) is 5. The van der Waals surface area contributed by atoms with Gasteiger partial charge in [-0.15, -0.1) is 29.9 Å². The van der Waals surface area contributed by atoms with Gasteiger partial charge in [0.05, 0.1) is 46.0 Å². The lowest BCUT2D eigenvalue weighted by Crippen LogP contribution is -2.43. The molecule has 2 aromatic carbocycles. The average Bonchev–Trinajstić information content (AvgIpc) is 3.50. The zero-order valence-electron chi connectivity index (χ0n) is 36.7. The van der Waals surface area contributed by atoms with E-state index in [0.29, 0.717) is 24.4 Å². The molecule has 0 aliphatic carbocycles. The maximum atomic E-state index is 12.8. The number of ether oxygens (including phenoxy) is 1. The third kappa shape index (κ3) is 21.3. The van der Waals surface area contributed by atoms with E-state index in [9.17, 15) is 40.9 Å². The highest BCUT2D eigenvalue weighted by Crippen LogP contribution is 2.36. The number of nitrogens with two attached hydrogens (primary N) is 1. The fourth-order valence-electron chi connectivity index (χ4n) is 5.36. The van der Waals surface area contributed by atoms with E-state index in [4.69, 9.17) is 78.5 Å². The summed E-state index contributed by atoms with van der Waals surface area (Å²) in [5, 5.41) is 11.9. The fourth-order valence-corrected chi connectivity index (χ4v) is 7.66. The number of alkyl halides is 5. The van der Waals surface area contributed by atoms with Crippen LogP contribution >= 0.6 is 65.4 Å². The molecule has 3 atom stereocenters. The van der Waals surface area contributed by atoms with Crippen molar-refractivity contribution in [3.05, 3.63) is 93.1 Å². The number of aliphatic carboxylic acids is 1. The predicted molar refractivity (Wildman–Crippen MR) is 256 cm³/mol. The molecule has 1 heterocycles. The molecule has 26 heteroatoms. The summed E-state index contributed by atoms with van der Waals surface area (Å²) in [7, 11) is -5.11. The van der Waals surface area contributed by atoms with Gasteiger partial charge in [0.15, 0.2) is 12.2 Å². The summed E-state index contributed by atoms with van der Waals surface area (Å²) in [6.07, 6.45) is 5.00. The number of amides is 2. The van der Waals surface area contributed by atoms with Crippen molar-refractivity contribution in [2.24, 2.45) is 5.73 Å². The van der Waals surface area contributed by atoms with Gasteiger partial charge in [-0.05, 0) is 56.9 Å². The highest BCUT2D eigenvalue weighted by Gasteiger charge is 2.25. The van der Waals surface area contributed by atoms with E-state index in [1.54, 1.807) is 24.2 Å². The Hall–Kier alpha value is -3.56. The number of rotatable bonds is 19. The number of anilines is 2. The van der Waals surface area contributed by atoms with E-state index in [-0.39, 0.29) is 68.1 Å². The molecule has 0 radical (unpaired) electrons. The van der Waals surface area contributed by atoms with Crippen LogP contribution in [0.2, 0.25) is 10.0 Å². The summed E-state index contributed by atoms with van der Waals surface area (Å²) in [6.45, 7) is 13.8. The largest absolute Gasteiger partial charge is 0.480 e. The topological polar surface area (TPSA) is 236 Å². The Morgan fingerprint density at radius 1 is 1.11 bits per heavy atom. The number of carbonyl (C=O) groups excluding carboxylic acids is 2. The molecule has 0 saturated heterocycles. The van der Waals surface area contributed by atoms with Crippen LogP contribution in [-0.2, 0) is 40.1 Å². The molecular weight excluding hydrogens is 1000 g/mol. The second-order valence-electron chi connectivity index (χ2n) is 13.8. The lowest BCUT2D eigenvalue weighted by molar-refractivity contribution is -0.138. The molecule has 3 rings (SSSR count). The molecule has 3 aromatic rings. The SMILES string of the molecule is C=CCN(CC=C)C(=O)C(Cl)Cl.CCc1cccc(C)c1N(C(=O)CCl)C(C)COC.CP(=O)(O)CCC(N)C(=O)O.Cc1nn(-c2cc(NS(C)(=O)=O)c(Cl)cc2Cl)c(=O)n1C(F)F. The summed E-state index contributed by atoms with van der Waals surface area (Å²) in [5.41, 5.74) is 7.03. The van der Waals surface area contributed by atoms with Gasteiger partial charge in [0, 0.05) is 33.0 Å². The van der Waals surface area contributed by atoms with Gasteiger partial charge in [0.2, 0.25) is 15.9 Å². The minimum absolute atomic E-state index is 0.0223. The van der Waals surface area contributed by atoms with Crippen molar-refractivity contribution < 1.29 is 50.9 Å². The van der Waals surface area contributed by atoms with Crippen LogP contribution in [0.25, 0.3) is 5.69 Å². The van der Waals surface area contributed by atoms with Crippen LogP contribution in [0.5, 0.6) is 0 Å². The molecule has 0 fully saturated rings. The average molecular weight is 1060 g/mol. The first-order chi connectivity index (χ1) is 30.0. The van der Waals surface area contributed by atoms with E-state index in [1.807, 2.05) is 26.0 Å². The Bertz CT molecular complexity index is 2290. The standard InChI is InChI=1S/C15H22ClNO2.C11H10Cl2F2N4O3S.C8H11Cl2NO.C5H12NO4P/c1-5-13-8-6-7-11(2)15(13)17(14(18)9-16)12(3)10-19-4;1-5-16-19(11(20)18(5)10(14)15)9-4-8(17-23(2,21)22)6(12)3-7(9)13;1-3-5-11(6-4-2)8(12)7(9)10;1-11(9,10)3-2-4(6)5(7)8/h6-8,12H,5,9-10H2,1-4H3;3-4,10,17H,1-2H3;3-4,7H,1-2,5-6H2;4H,2-3,6H2,1H3,(H,7,8)(H,9,10). The van der Waals surface area contributed by atoms with Crippen LogP contribution in [0.3, 0.4) is 0 Å². The number of aromatic nitrogens is 3. The maximum Gasteiger partial charge on any atom is 0.355 e. The first kappa shape index (κ1) is 61.4. The Labute approximate surface area is 402 Å². The smallest absolute Gasteiger partial charge is 0.355 e. The summed E-state index contributed by atoms with van der Waals surface area (Å²) in [6, 6.07) is 7.32. The number of sulfonamides is 1. The van der Waals surface area contributed by atoms with E-state index < -0.39 is 46.5 Å². The van der Waals surface area contributed by atoms with Gasteiger partial charge in [-0.25, -0.2) is 17.8 Å². The Morgan fingerprint density at radius 2 is 1.68 bits per heavy atom. The number of aryl methyl sites for hydroxylation is 3. The lowest BCUT2D eigenvalue weighted by atomic mass is 10.0. The van der Waals surface area contributed by atoms with Crippen molar-refractivity contribution in [3.63, 3.8) is 0 Å². The van der Waals surface area contributed by atoms with E-state index in [2.05, 4.69) is 36.0 Å². The molecule has 65 heavy (non-hydrogen) atoms. The van der Waals surface area contributed by atoms with E-state index in [0.717, 1.165) is 35.6 Å². The summed E-state index contributed by atoms with van der Waals surface area (Å²) in [4.78, 5) is 56.5. The second kappa shape index (κ2) is 29.3. The molecule has 0 spiro atoms. The van der Waals surface area contributed by atoms with Crippen LogP contribution in [0.15, 0.2) is 60.4 Å². The normalized spacial score (nSPS) is 12.8. The Morgan fingerprint density at radius 3 is 2.09 bits per heavy atom. The first-order valence-corrected chi connectivity index (χ1v) is 25.3. The van der Waals surface area contributed by atoms with Gasteiger partial charge >= 0.3 is 18.2 Å². The fraction of sp³-hybridized carbons (Fsp3) is 0.462. The second-order valence-corrected chi connectivity index (χ2v) is 20.3. The first-order valence-electron chi connectivity index (χ1n) is 19.0. The number of nitrogens with one attached hydrogen (secondary N) is 1. The van der Waals surface area contributed by atoms with Crippen molar-refractivity contribution in [3.8, 4) is 5.69 Å². The minimum atomic E-state index is -3.65. The van der Waals surface area contributed by atoms with Crippen LogP contribution in [-0.4, -0.2) is 124 Å². The van der Waals surface area contributed by atoms with Crippen molar-refractivity contribution in [1.29, 1.82) is 0 Å². The molecule has 17 nitrogen and oxygen atoms in total. The predicted octanol–water partition coefficient (Wildman–Crippen LogP) is 7.26. The molecule has 0 bridgehead atoms. The molecule has 0 aliphatic rings. The number of hydrogen-bond acceptors (Lipinski definition) is 10. The minimum Gasteiger partial charge on any atom is -0.480 e. The molecule has 5 N–H and O–H groups in total. The summed E-state index contributed by atoms with van der Waals surface area (Å²) in [5.74, 6) is -1.80. The van der Waals surface area contributed by atoms with Gasteiger partial charge in [-0.1, -0.05) is 83.7 Å².